The van der Waals surface area contributed by atoms with E-state index in [-0.39, 0.29) is 30.7 Å². The summed E-state index contributed by atoms with van der Waals surface area (Å²) in [6.45, 7) is 1.61. The second kappa shape index (κ2) is 16.3. The topological polar surface area (TPSA) is 105 Å². The normalized spacial score (nSPS) is 18.5. The number of carbonyl (C=O) groups excluding carboxylic acids is 1. The Labute approximate surface area is 305 Å². The van der Waals surface area contributed by atoms with Gasteiger partial charge >= 0.3 is 5.97 Å². The molecule has 53 heavy (non-hydrogen) atoms. The van der Waals surface area contributed by atoms with Crippen LogP contribution in [0.1, 0.15) is 62.3 Å². The fourth-order valence-electron chi connectivity index (χ4n) is 6.05. The molecule has 0 bridgehead atoms. The van der Waals surface area contributed by atoms with E-state index in [1.54, 1.807) is 48.5 Å². The Balaban J connectivity index is 1.24. The maximum atomic E-state index is 14.2. The highest BCUT2D eigenvalue weighted by molar-refractivity contribution is 7.99. The third-order valence-electron chi connectivity index (χ3n) is 8.95. The van der Waals surface area contributed by atoms with E-state index < -0.39 is 58.9 Å². The van der Waals surface area contributed by atoms with Crippen molar-refractivity contribution < 1.29 is 51.2 Å². The van der Waals surface area contributed by atoms with Crippen molar-refractivity contribution in [3.8, 4) is 11.1 Å². The number of carboxylic acid groups (broad SMARTS) is 1. The quantitative estimate of drug-likeness (QED) is 0.0537. The summed E-state index contributed by atoms with van der Waals surface area (Å²) >= 11 is 1.38. The van der Waals surface area contributed by atoms with Crippen LogP contribution in [0.2, 0.25) is 0 Å². The molecule has 13 heteroatoms. The van der Waals surface area contributed by atoms with E-state index >= 15 is 0 Å². The molecule has 1 aliphatic heterocycles. The van der Waals surface area contributed by atoms with Gasteiger partial charge in [0.15, 0.2) is 29.6 Å². The van der Waals surface area contributed by atoms with Gasteiger partial charge in [0.2, 0.25) is 5.82 Å². The maximum absolute atomic E-state index is 14.2. The molecule has 0 aliphatic carbocycles. The van der Waals surface area contributed by atoms with Gasteiger partial charge in [-0.25, -0.2) is 26.7 Å². The highest BCUT2D eigenvalue weighted by Gasteiger charge is 2.38. The Bertz CT molecular complexity index is 2120. The third-order valence-corrected chi connectivity index (χ3v) is 10.1. The first kappa shape index (κ1) is 37.7. The van der Waals surface area contributed by atoms with Crippen molar-refractivity contribution in [2.75, 3.05) is 5.75 Å². The zero-order valence-electron chi connectivity index (χ0n) is 28.0. The molecule has 1 aliphatic rings. The second-order valence-electron chi connectivity index (χ2n) is 12.4. The van der Waals surface area contributed by atoms with Crippen LogP contribution in [0, 0.1) is 35.0 Å². The number of carbonyl (C=O) groups is 2. The van der Waals surface area contributed by atoms with E-state index in [1.807, 2.05) is 55.5 Å². The predicted octanol–water partition coefficient (Wildman–Crippen LogP) is 8.75. The van der Waals surface area contributed by atoms with Gasteiger partial charge in [-0.15, -0.1) is 11.8 Å². The average Bonchev–Trinajstić information content (AvgIpc) is 3.18. The number of nitrogens with one attached hydrogen (secondary N) is 1. The van der Waals surface area contributed by atoms with Gasteiger partial charge in [-0.05, 0) is 52.1 Å². The van der Waals surface area contributed by atoms with Crippen LogP contribution in [0.3, 0.4) is 0 Å². The summed E-state index contributed by atoms with van der Waals surface area (Å²) in [7, 11) is 0. The van der Waals surface area contributed by atoms with E-state index in [9.17, 15) is 41.8 Å². The summed E-state index contributed by atoms with van der Waals surface area (Å²) in [6.07, 6.45) is -1.63. The zero-order valence-corrected chi connectivity index (χ0v) is 28.8. The lowest BCUT2D eigenvalue weighted by molar-refractivity contribution is -0.268. The molecule has 5 aromatic carbocycles. The van der Waals surface area contributed by atoms with Crippen molar-refractivity contribution in [3.63, 3.8) is 0 Å². The van der Waals surface area contributed by atoms with E-state index in [4.69, 9.17) is 9.47 Å². The highest BCUT2D eigenvalue weighted by atomic mass is 32.2. The molecule has 1 amide bonds. The van der Waals surface area contributed by atoms with E-state index in [0.717, 1.165) is 16.7 Å². The molecule has 5 aromatic rings. The summed E-state index contributed by atoms with van der Waals surface area (Å²) in [4.78, 5) is 25.0. The minimum atomic E-state index is -2.35. The maximum Gasteiger partial charge on any atom is 0.336 e. The third kappa shape index (κ3) is 8.13. The van der Waals surface area contributed by atoms with Crippen LogP contribution in [0.5, 0.6) is 0 Å². The van der Waals surface area contributed by atoms with Crippen molar-refractivity contribution in [2.45, 2.75) is 43.5 Å². The summed E-state index contributed by atoms with van der Waals surface area (Å²) in [5, 5.41) is 21.5. The van der Waals surface area contributed by atoms with Gasteiger partial charge in [-0.3, -0.25) is 4.79 Å². The largest absolute Gasteiger partial charge is 0.478 e. The number of amides is 1. The van der Waals surface area contributed by atoms with Gasteiger partial charge in [0.1, 0.15) is 5.56 Å². The fourth-order valence-corrected chi connectivity index (χ4v) is 7.26. The summed E-state index contributed by atoms with van der Waals surface area (Å²) in [6, 6.07) is 28.3. The van der Waals surface area contributed by atoms with Crippen molar-refractivity contribution in [1.29, 1.82) is 0 Å². The van der Waals surface area contributed by atoms with Gasteiger partial charge in [-0.1, -0.05) is 79.7 Å². The summed E-state index contributed by atoms with van der Waals surface area (Å²) in [5.74, 6) is -13.4. The smallest absolute Gasteiger partial charge is 0.336 e. The Kier molecular flexibility index (Phi) is 11.6. The van der Waals surface area contributed by atoms with Crippen molar-refractivity contribution in [1.82, 2.24) is 5.32 Å². The minimum Gasteiger partial charge on any atom is -0.478 e. The number of aliphatic hydroxyl groups excluding tert-OH is 1. The number of hydrogen-bond donors (Lipinski definition) is 3. The van der Waals surface area contributed by atoms with Gasteiger partial charge in [0.05, 0.1) is 24.4 Å². The first-order chi connectivity index (χ1) is 25.5. The molecule has 3 N–H and O–H groups in total. The Morgan fingerprint density at radius 1 is 0.736 bits per heavy atom. The highest BCUT2D eigenvalue weighted by Crippen LogP contribution is 2.44. The Morgan fingerprint density at radius 3 is 2.06 bits per heavy atom. The van der Waals surface area contributed by atoms with Gasteiger partial charge in [-0.2, -0.15) is 0 Å². The number of ether oxygens (including phenoxy) is 2. The molecule has 4 atom stereocenters. The monoisotopic (exact) mass is 749 g/mol. The number of rotatable bonds is 11. The predicted molar refractivity (Wildman–Crippen MR) is 186 cm³/mol. The molecule has 274 valence electrons. The number of carboxylic acids is 1. The van der Waals surface area contributed by atoms with Crippen LogP contribution in [0.4, 0.5) is 22.0 Å². The summed E-state index contributed by atoms with van der Waals surface area (Å²) < 4.78 is 82.3. The average molecular weight is 750 g/mol. The lowest BCUT2D eigenvalue weighted by Gasteiger charge is -2.41. The molecule has 1 fully saturated rings. The molecule has 1 saturated heterocycles. The van der Waals surface area contributed by atoms with E-state index in [2.05, 4.69) is 5.32 Å². The lowest BCUT2D eigenvalue weighted by Crippen LogP contribution is -2.38. The first-order valence-electron chi connectivity index (χ1n) is 16.4. The first-order valence-corrected chi connectivity index (χ1v) is 17.4. The van der Waals surface area contributed by atoms with Gasteiger partial charge in [0, 0.05) is 28.7 Å². The molecule has 0 saturated carbocycles. The van der Waals surface area contributed by atoms with Crippen LogP contribution in [0.15, 0.2) is 102 Å². The molecule has 7 nitrogen and oxygen atoms in total. The molecular formula is C40H32F5NO6S. The minimum absolute atomic E-state index is 0.110. The number of aliphatic hydroxyl groups is 1. The van der Waals surface area contributed by atoms with Crippen molar-refractivity contribution in [3.05, 3.63) is 160 Å². The number of halogens is 5. The van der Waals surface area contributed by atoms with Crippen LogP contribution in [-0.2, 0) is 22.6 Å². The zero-order chi connectivity index (χ0) is 37.8. The number of thioether (sulfide) groups is 1. The van der Waals surface area contributed by atoms with Crippen LogP contribution in [0.25, 0.3) is 11.1 Å². The number of aromatic carboxylic acids is 1. The molecule has 0 radical (unpaired) electrons. The lowest BCUT2D eigenvalue weighted by atomic mass is 9.91. The van der Waals surface area contributed by atoms with Crippen LogP contribution < -0.4 is 5.32 Å². The van der Waals surface area contributed by atoms with Crippen molar-refractivity contribution >= 4 is 23.6 Å². The molecule has 6 rings (SSSR count). The van der Waals surface area contributed by atoms with Crippen LogP contribution in [-0.4, -0.2) is 33.9 Å². The Hall–Kier alpha value is -5.08. The van der Waals surface area contributed by atoms with Gasteiger partial charge < -0.3 is 25.0 Å². The van der Waals surface area contributed by atoms with E-state index in [0.29, 0.717) is 27.3 Å². The molecule has 0 unspecified atom stereocenters. The van der Waals surface area contributed by atoms with Crippen LogP contribution >= 0.6 is 11.8 Å². The standard InChI is InChI=1S/C40H32F5NO6S/c1-21-29(20-53-30-11-3-2-10-28(30)39(49)50)51-40(52-37(21)24-14-12-22(19-47)13-15-24)27-9-5-8-26(17-27)25-7-4-6-23(16-25)18-46-38(48)31-32(41)34(43)36(45)35(44)33(31)42/h2-17,21,29,37,40,47H,18-20H2,1H3,(H,46,48)(H,49,50)/t21-,29+,37+,40+/m1/s1. The second-order valence-corrected chi connectivity index (χ2v) is 13.4. The van der Waals surface area contributed by atoms with Gasteiger partial charge in [0.25, 0.3) is 5.91 Å². The molecule has 0 spiro atoms. The number of benzene rings is 5. The summed E-state index contributed by atoms with van der Waals surface area (Å²) in [5.41, 5.74) is 2.81. The molecule has 1 heterocycles. The molecule has 0 aromatic heterocycles. The Morgan fingerprint density at radius 2 is 1.38 bits per heavy atom. The SMILES string of the molecule is C[C@@H]1[C@H](CSc2ccccc2C(=O)O)O[C@H](c2cccc(-c3cccc(CNC(=O)c4c(F)c(F)c(F)c(F)c4F)c3)c2)O[C@@H]1c1ccc(CO)cc1. The number of hydrogen-bond acceptors (Lipinski definition) is 6. The van der Waals surface area contributed by atoms with E-state index in [1.165, 1.54) is 11.8 Å². The fraction of sp³-hybridized carbons (Fsp3) is 0.200. The van der Waals surface area contributed by atoms with Crippen molar-refractivity contribution in [2.24, 2.45) is 5.92 Å². The molecular weight excluding hydrogens is 717 g/mol.